The van der Waals surface area contributed by atoms with Crippen molar-refractivity contribution >= 4 is 11.9 Å². The second-order valence-corrected chi connectivity index (χ2v) is 3.84. The number of aromatic carboxylic acids is 1. The van der Waals surface area contributed by atoms with E-state index in [-0.39, 0.29) is 18.1 Å². The van der Waals surface area contributed by atoms with E-state index in [1.54, 1.807) is 24.5 Å². The third-order valence-electron chi connectivity index (χ3n) is 2.40. The molecule has 0 aromatic carbocycles. The van der Waals surface area contributed by atoms with Crippen LogP contribution in [0.2, 0.25) is 0 Å². The third kappa shape index (κ3) is 3.63. The van der Waals surface area contributed by atoms with Gasteiger partial charge in [-0.2, -0.15) is 5.10 Å². The summed E-state index contributed by atoms with van der Waals surface area (Å²) >= 11 is 0. The van der Waals surface area contributed by atoms with Gasteiger partial charge in [0.2, 0.25) is 5.91 Å². The van der Waals surface area contributed by atoms with Gasteiger partial charge in [0.15, 0.2) is 0 Å². The maximum absolute atomic E-state index is 11.6. The van der Waals surface area contributed by atoms with Gasteiger partial charge in [-0.15, -0.1) is 0 Å². The van der Waals surface area contributed by atoms with E-state index < -0.39 is 5.97 Å². The average molecular weight is 260 g/mol. The van der Waals surface area contributed by atoms with Crippen molar-refractivity contribution in [3.05, 3.63) is 48.0 Å². The lowest BCUT2D eigenvalue weighted by Gasteiger charge is -2.05. The van der Waals surface area contributed by atoms with Crippen LogP contribution in [0.1, 0.15) is 16.1 Å². The molecule has 98 valence electrons. The van der Waals surface area contributed by atoms with E-state index in [4.69, 9.17) is 5.11 Å². The summed E-state index contributed by atoms with van der Waals surface area (Å²) in [5.74, 6) is -1.25. The molecule has 2 aromatic heterocycles. The molecule has 0 aliphatic heterocycles. The largest absolute Gasteiger partial charge is 0.477 e. The molecule has 7 nitrogen and oxygen atoms in total. The lowest BCUT2D eigenvalue weighted by Crippen LogP contribution is -2.27. The van der Waals surface area contributed by atoms with Crippen LogP contribution >= 0.6 is 0 Å². The SMILES string of the molecule is O=C(Cn1cccn1)NCc1ccc(C(=O)O)nc1. The van der Waals surface area contributed by atoms with Crippen LogP contribution in [0.4, 0.5) is 0 Å². The number of nitrogens with one attached hydrogen (secondary N) is 1. The van der Waals surface area contributed by atoms with Crippen molar-refractivity contribution in [2.75, 3.05) is 0 Å². The summed E-state index contributed by atoms with van der Waals surface area (Å²) in [5.41, 5.74) is 0.713. The molecule has 0 fully saturated rings. The molecule has 0 atom stereocenters. The Bertz CT molecular complexity index is 563. The molecule has 1 amide bonds. The summed E-state index contributed by atoms with van der Waals surface area (Å²) in [6, 6.07) is 4.75. The van der Waals surface area contributed by atoms with Crippen molar-refractivity contribution in [1.82, 2.24) is 20.1 Å². The van der Waals surface area contributed by atoms with Crippen LogP contribution in [0.15, 0.2) is 36.8 Å². The topological polar surface area (TPSA) is 97.1 Å². The minimum atomic E-state index is -1.07. The number of carbonyl (C=O) groups excluding carboxylic acids is 1. The molecule has 0 aliphatic carbocycles. The maximum Gasteiger partial charge on any atom is 0.354 e. The summed E-state index contributed by atoms with van der Waals surface area (Å²) in [7, 11) is 0. The number of nitrogens with zero attached hydrogens (tertiary/aromatic N) is 3. The van der Waals surface area contributed by atoms with Crippen molar-refractivity contribution in [3.8, 4) is 0 Å². The first-order chi connectivity index (χ1) is 9.15. The molecule has 0 saturated heterocycles. The average Bonchev–Trinajstić information content (AvgIpc) is 2.89. The highest BCUT2D eigenvalue weighted by Crippen LogP contribution is 2.00. The number of pyridine rings is 1. The lowest BCUT2D eigenvalue weighted by atomic mass is 10.2. The number of amides is 1. The Morgan fingerprint density at radius 3 is 2.79 bits per heavy atom. The van der Waals surface area contributed by atoms with Gasteiger partial charge in [0.25, 0.3) is 0 Å². The van der Waals surface area contributed by atoms with E-state index in [0.29, 0.717) is 6.54 Å². The van der Waals surface area contributed by atoms with E-state index in [9.17, 15) is 9.59 Å². The normalized spacial score (nSPS) is 10.1. The number of carboxylic acids is 1. The monoisotopic (exact) mass is 260 g/mol. The molecular formula is C12H12N4O3. The first kappa shape index (κ1) is 12.7. The van der Waals surface area contributed by atoms with Crippen LogP contribution in [0, 0.1) is 0 Å². The van der Waals surface area contributed by atoms with Gasteiger partial charge in [-0.1, -0.05) is 6.07 Å². The molecule has 0 bridgehead atoms. The molecule has 2 aromatic rings. The first-order valence-electron chi connectivity index (χ1n) is 5.57. The van der Waals surface area contributed by atoms with Gasteiger partial charge >= 0.3 is 5.97 Å². The smallest absolute Gasteiger partial charge is 0.354 e. The predicted octanol–water partition coefficient (Wildman–Crippen LogP) is 0.293. The van der Waals surface area contributed by atoms with Crippen molar-refractivity contribution in [3.63, 3.8) is 0 Å². The van der Waals surface area contributed by atoms with Gasteiger partial charge in [-0.3, -0.25) is 9.48 Å². The van der Waals surface area contributed by atoms with Crippen LogP contribution in [-0.4, -0.2) is 31.7 Å². The zero-order valence-corrected chi connectivity index (χ0v) is 9.98. The van der Waals surface area contributed by atoms with Gasteiger partial charge in [-0.25, -0.2) is 9.78 Å². The highest BCUT2D eigenvalue weighted by Gasteiger charge is 2.05. The highest BCUT2D eigenvalue weighted by atomic mass is 16.4. The predicted molar refractivity (Wildman–Crippen MR) is 65.3 cm³/mol. The van der Waals surface area contributed by atoms with Crippen LogP contribution in [0.5, 0.6) is 0 Å². The molecule has 0 spiro atoms. The fourth-order valence-corrected chi connectivity index (χ4v) is 1.45. The summed E-state index contributed by atoms with van der Waals surface area (Å²) in [5, 5.41) is 15.3. The second-order valence-electron chi connectivity index (χ2n) is 3.84. The quantitative estimate of drug-likeness (QED) is 0.805. The zero-order chi connectivity index (χ0) is 13.7. The molecule has 2 N–H and O–H groups in total. The van der Waals surface area contributed by atoms with Gasteiger partial charge in [-0.05, 0) is 17.7 Å². The van der Waals surface area contributed by atoms with E-state index in [1.165, 1.54) is 16.9 Å². The molecule has 19 heavy (non-hydrogen) atoms. The molecule has 2 rings (SSSR count). The van der Waals surface area contributed by atoms with Crippen molar-refractivity contribution in [1.29, 1.82) is 0 Å². The van der Waals surface area contributed by atoms with Gasteiger partial charge in [0.1, 0.15) is 12.2 Å². The first-order valence-corrected chi connectivity index (χ1v) is 5.57. The number of hydrogen-bond donors (Lipinski definition) is 2. The van der Waals surface area contributed by atoms with E-state index in [1.807, 2.05) is 0 Å². The fourth-order valence-electron chi connectivity index (χ4n) is 1.45. The van der Waals surface area contributed by atoms with Crippen LogP contribution in [-0.2, 0) is 17.9 Å². The molecule has 0 aliphatic rings. The Morgan fingerprint density at radius 1 is 1.37 bits per heavy atom. The Labute approximate surface area is 108 Å². The minimum Gasteiger partial charge on any atom is -0.477 e. The van der Waals surface area contributed by atoms with Crippen molar-refractivity contribution < 1.29 is 14.7 Å². The van der Waals surface area contributed by atoms with Crippen LogP contribution in [0.25, 0.3) is 0 Å². The molecule has 0 saturated carbocycles. The molecular weight excluding hydrogens is 248 g/mol. The lowest BCUT2D eigenvalue weighted by molar-refractivity contribution is -0.122. The summed E-state index contributed by atoms with van der Waals surface area (Å²) in [4.78, 5) is 25.9. The zero-order valence-electron chi connectivity index (χ0n) is 9.98. The van der Waals surface area contributed by atoms with Crippen LogP contribution < -0.4 is 5.32 Å². The Morgan fingerprint density at radius 2 is 2.21 bits per heavy atom. The van der Waals surface area contributed by atoms with E-state index in [0.717, 1.165) is 5.56 Å². The number of rotatable bonds is 5. The molecule has 7 heteroatoms. The Hall–Kier alpha value is -2.70. The maximum atomic E-state index is 11.6. The standard InChI is InChI=1S/C12H12N4O3/c17-11(8-16-5-1-4-15-16)14-7-9-2-3-10(12(18)19)13-6-9/h1-6H,7-8H2,(H,14,17)(H,18,19). The fraction of sp³-hybridized carbons (Fsp3) is 0.167. The van der Waals surface area contributed by atoms with Gasteiger partial charge in [0, 0.05) is 25.1 Å². The van der Waals surface area contributed by atoms with Crippen molar-refractivity contribution in [2.45, 2.75) is 13.1 Å². The summed E-state index contributed by atoms with van der Waals surface area (Å²) < 4.78 is 1.51. The van der Waals surface area contributed by atoms with E-state index in [2.05, 4.69) is 15.4 Å². The van der Waals surface area contributed by atoms with Gasteiger partial charge < -0.3 is 10.4 Å². The minimum absolute atomic E-state index is 0.0217. The third-order valence-corrected chi connectivity index (χ3v) is 2.40. The molecule has 0 unspecified atom stereocenters. The second kappa shape index (κ2) is 5.76. The number of carboxylic acid groups (broad SMARTS) is 1. The highest BCUT2D eigenvalue weighted by molar-refractivity contribution is 5.85. The summed E-state index contributed by atoms with van der Waals surface area (Å²) in [6.07, 6.45) is 4.72. The number of carbonyl (C=O) groups is 2. The summed E-state index contributed by atoms with van der Waals surface area (Å²) in [6.45, 7) is 0.445. The number of hydrogen-bond acceptors (Lipinski definition) is 4. The Balaban J connectivity index is 1.84. The molecule has 2 heterocycles. The van der Waals surface area contributed by atoms with E-state index >= 15 is 0 Å². The number of aromatic nitrogens is 3. The molecule has 0 radical (unpaired) electrons. The van der Waals surface area contributed by atoms with Crippen molar-refractivity contribution in [2.24, 2.45) is 0 Å². The Kier molecular flexibility index (Phi) is 3.87. The van der Waals surface area contributed by atoms with Gasteiger partial charge in [0.05, 0.1) is 0 Å². The van der Waals surface area contributed by atoms with Crippen LogP contribution in [0.3, 0.4) is 0 Å².